The van der Waals surface area contributed by atoms with Crippen LogP contribution in [0.1, 0.15) is 0 Å². The van der Waals surface area contributed by atoms with Crippen LogP contribution in [0.4, 0.5) is 11.4 Å². The van der Waals surface area contributed by atoms with Gasteiger partial charge in [0, 0.05) is 17.8 Å². The number of hydrogen-bond acceptors (Lipinski definition) is 3. The first-order valence-electron chi connectivity index (χ1n) is 2.92. The number of hydrogen-bond donors (Lipinski definition) is 2. The largest absolute Gasteiger partial charge is 0.592 e. The SMILES string of the molecule is Nc1ccc([N+]([O-])=NO)cc1. The van der Waals surface area contributed by atoms with Crippen LogP contribution in [-0.2, 0) is 0 Å². The lowest BCUT2D eigenvalue weighted by Gasteiger charge is -1.95. The summed E-state index contributed by atoms with van der Waals surface area (Å²) in [7, 11) is 0. The Hall–Kier alpha value is -1.78. The highest BCUT2D eigenvalue weighted by atomic mass is 16.6. The van der Waals surface area contributed by atoms with E-state index in [-0.39, 0.29) is 10.5 Å². The summed E-state index contributed by atoms with van der Waals surface area (Å²) < 4.78 is 0. The highest BCUT2D eigenvalue weighted by Gasteiger charge is 2.00. The van der Waals surface area contributed by atoms with Crippen molar-refractivity contribution >= 4 is 11.4 Å². The van der Waals surface area contributed by atoms with Crippen molar-refractivity contribution in [1.82, 2.24) is 0 Å². The van der Waals surface area contributed by atoms with Crippen LogP contribution in [-0.4, -0.2) is 10.1 Å². The van der Waals surface area contributed by atoms with Crippen LogP contribution in [0.25, 0.3) is 0 Å². The molecule has 0 atom stereocenters. The van der Waals surface area contributed by atoms with Gasteiger partial charge in [-0.05, 0) is 17.0 Å². The molecule has 0 radical (unpaired) electrons. The number of nitrogens with zero attached hydrogens (tertiary/aromatic N) is 2. The van der Waals surface area contributed by atoms with Crippen molar-refractivity contribution in [3.8, 4) is 0 Å². The molecule has 1 aromatic rings. The van der Waals surface area contributed by atoms with Gasteiger partial charge in [0.25, 0.3) is 0 Å². The zero-order valence-electron chi connectivity index (χ0n) is 5.64. The molecule has 11 heavy (non-hydrogen) atoms. The predicted octanol–water partition coefficient (Wildman–Crippen LogP) is 1.25. The topological polar surface area (TPSA) is 84.7 Å². The quantitative estimate of drug-likeness (QED) is 0.275. The second-order valence-electron chi connectivity index (χ2n) is 1.95. The summed E-state index contributed by atoms with van der Waals surface area (Å²) in [5, 5.41) is 21.1. The first-order valence-corrected chi connectivity index (χ1v) is 2.92. The number of rotatable bonds is 1. The Morgan fingerprint density at radius 2 is 1.91 bits per heavy atom. The van der Waals surface area contributed by atoms with Gasteiger partial charge in [-0.2, -0.15) is 0 Å². The van der Waals surface area contributed by atoms with Crippen LogP contribution in [0.5, 0.6) is 0 Å². The van der Waals surface area contributed by atoms with E-state index >= 15 is 0 Å². The lowest BCUT2D eigenvalue weighted by atomic mass is 10.3. The van der Waals surface area contributed by atoms with Crippen LogP contribution in [0.15, 0.2) is 29.5 Å². The van der Waals surface area contributed by atoms with Crippen molar-refractivity contribution in [2.75, 3.05) is 5.73 Å². The van der Waals surface area contributed by atoms with E-state index in [0.29, 0.717) is 5.69 Å². The van der Waals surface area contributed by atoms with Gasteiger partial charge in [0.1, 0.15) is 0 Å². The number of nitrogen functional groups attached to an aromatic ring is 1. The smallest absolute Gasteiger partial charge is 0.248 e. The van der Waals surface area contributed by atoms with Crippen LogP contribution in [0, 0.1) is 5.21 Å². The molecule has 0 saturated heterocycles. The molecular formula is C6H7N3O2. The second kappa shape index (κ2) is 2.87. The maximum absolute atomic E-state index is 10.6. The van der Waals surface area contributed by atoms with Gasteiger partial charge >= 0.3 is 0 Å². The Bertz CT molecular complexity index is 268. The molecule has 0 fully saturated rings. The minimum Gasteiger partial charge on any atom is -0.592 e. The van der Waals surface area contributed by atoms with Gasteiger partial charge in [0.15, 0.2) is 0 Å². The molecule has 0 spiro atoms. The monoisotopic (exact) mass is 153 g/mol. The summed E-state index contributed by atoms with van der Waals surface area (Å²) in [6, 6.07) is 6.01. The molecule has 0 bridgehead atoms. The first-order chi connectivity index (χ1) is 5.24. The van der Waals surface area contributed by atoms with E-state index in [1.54, 1.807) is 12.1 Å². The summed E-state index contributed by atoms with van der Waals surface area (Å²) in [4.78, 5) is 0.0967. The zero-order valence-corrected chi connectivity index (χ0v) is 5.64. The van der Waals surface area contributed by atoms with Gasteiger partial charge in [-0.15, -0.1) is 0 Å². The fourth-order valence-corrected chi connectivity index (χ4v) is 0.653. The summed E-state index contributed by atoms with van der Waals surface area (Å²) in [5.41, 5.74) is 6.15. The predicted molar refractivity (Wildman–Crippen MR) is 38.4 cm³/mol. The molecule has 0 amide bonds. The number of anilines is 1. The summed E-state index contributed by atoms with van der Waals surface area (Å²) in [5.74, 6) is 0. The van der Waals surface area contributed by atoms with Crippen LogP contribution >= 0.6 is 0 Å². The highest BCUT2D eigenvalue weighted by molar-refractivity contribution is 5.44. The van der Waals surface area contributed by atoms with Crippen molar-refractivity contribution < 1.29 is 10.1 Å². The number of nitrogens with two attached hydrogens (primary N) is 1. The molecule has 0 aromatic heterocycles. The third kappa shape index (κ3) is 1.57. The van der Waals surface area contributed by atoms with Gasteiger partial charge in [0.2, 0.25) is 11.0 Å². The standard InChI is InChI=1S/C6H7N3O2/c7-5-1-3-6(4-2-5)9(11)8-10/h1-4,10H,7H2. The molecule has 5 heteroatoms. The molecule has 3 N–H and O–H groups in total. The molecule has 1 rings (SSSR count). The van der Waals surface area contributed by atoms with Crippen molar-refractivity contribution in [2.24, 2.45) is 5.28 Å². The number of benzene rings is 1. The molecular weight excluding hydrogens is 146 g/mol. The summed E-state index contributed by atoms with van der Waals surface area (Å²) >= 11 is 0. The highest BCUT2D eigenvalue weighted by Crippen LogP contribution is 2.12. The first kappa shape index (κ1) is 7.33. The van der Waals surface area contributed by atoms with Crippen molar-refractivity contribution in [3.63, 3.8) is 0 Å². The lowest BCUT2D eigenvalue weighted by molar-refractivity contribution is -0.473. The van der Waals surface area contributed by atoms with Crippen LogP contribution in [0.2, 0.25) is 0 Å². The lowest BCUT2D eigenvalue weighted by Crippen LogP contribution is -1.91. The summed E-state index contributed by atoms with van der Waals surface area (Å²) in [6.45, 7) is 0. The molecule has 0 heterocycles. The van der Waals surface area contributed by atoms with Gasteiger partial charge in [0.05, 0.1) is 0 Å². The molecule has 0 aliphatic heterocycles. The fraction of sp³-hybridized carbons (Fsp3) is 0. The minimum absolute atomic E-state index is 0.0967. The molecule has 1 aromatic carbocycles. The van der Waals surface area contributed by atoms with E-state index in [4.69, 9.17) is 10.9 Å². The van der Waals surface area contributed by atoms with Gasteiger partial charge in [-0.25, -0.2) is 0 Å². The maximum atomic E-state index is 10.6. The van der Waals surface area contributed by atoms with E-state index in [2.05, 4.69) is 5.28 Å². The van der Waals surface area contributed by atoms with Crippen LogP contribution < -0.4 is 5.73 Å². The van der Waals surface area contributed by atoms with Gasteiger partial charge < -0.3 is 16.1 Å². The summed E-state index contributed by atoms with van der Waals surface area (Å²) in [6.07, 6.45) is 0. The van der Waals surface area contributed by atoms with E-state index in [9.17, 15) is 5.21 Å². The van der Waals surface area contributed by atoms with E-state index < -0.39 is 0 Å². The van der Waals surface area contributed by atoms with Gasteiger partial charge in [-0.3, -0.25) is 0 Å². The molecule has 0 aliphatic carbocycles. The Morgan fingerprint density at radius 3 is 2.36 bits per heavy atom. The average molecular weight is 153 g/mol. The normalized spacial score (nSPS) is 11.5. The molecule has 0 unspecified atom stereocenters. The Kier molecular flexibility index (Phi) is 1.91. The zero-order chi connectivity index (χ0) is 8.27. The minimum atomic E-state index is 0.0967. The average Bonchev–Trinajstić information content (AvgIpc) is 2.05. The molecule has 0 saturated carbocycles. The van der Waals surface area contributed by atoms with Gasteiger partial charge in [-0.1, -0.05) is 0 Å². The second-order valence-corrected chi connectivity index (χ2v) is 1.95. The van der Waals surface area contributed by atoms with E-state index in [1.165, 1.54) is 12.1 Å². The Balaban J connectivity index is 2.99. The van der Waals surface area contributed by atoms with Crippen molar-refractivity contribution in [2.45, 2.75) is 0 Å². The van der Waals surface area contributed by atoms with Crippen molar-refractivity contribution in [1.29, 1.82) is 0 Å². The Labute approximate surface area is 62.9 Å². The maximum Gasteiger partial charge on any atom is 0.248 e. The van der Waals surface area contributed by atoms with E-state index in [0.717, 1.165) is 0 Å². The molecule has 58 valence electrons. The molecule has 0 aliphatic rings. The molecule has 5 nitrogen and oxygen atoms in total. The third-order valence-electron chi connectivity index (χ3n) is 1.20. The Morgan fingerprint density at radius 1 is 1.36 bits per heavy atom. The van der Waals surface area contributed by atoms with E-state index in [1.807, 2.05) is 0 Å². The van der Waals surface area contributed by atoms with Crippen LogP contribution in [0.3, 0.4) is 0 Å². The van der Waals surface area contributed by atoms with Crippen molar-refractivity contribution in [3.05, 3.63) is 29.5 Å². The fourth-order valence-electron chi connectivity index (χ4n) is 0.653. The third-order valence-corrected chi connectivity index (χ3v) is 1.20.